The SMILES string of the molecule is C[C@H]1CCCN(c2ccc(NC(=O)c3ccccc3F)cc2C(=O)O)C1. The fourth-order valence-corrected chi connectivity index (χ4v) is 3.31. The van der Waals surface area contributed by atoms with Crippen LogP contribution in [0, 0.1) is 11.7 Å². The molecule has 0 aromatic heterocycles. The van der Waals surface area contributed by atoms with Crippen molar-refractivity contribution >= 4 is 23.3 Å². The molecule has 0 saturated carbocycles. The van der Waals surface area contributed by atoms with E-state index in [1.807, 2.05) is 0 Å². The molecule has 2 aromatic rings. The van der Waals surface area contributed by atoms with Crippen molar-refractivity contribution in [1.29, 1.82) is 0 Å². The van der Waals surface area contributed by atoms with Gasteiger partial charge in [0.1, 0.15) is 5.82 Å². The van der Waals surface area contributed by atoms with Crippen LogP contribution in [0.3, 0.4) is 0 Å². The molecule has 1 aliphatic rings. The molecule has 3 rings (SSSR count). The zero-order valence-corrected chi connectivity index (χ0v) is 14.5. The van der Waals surface area contributed by atoms with Gasteiger partial charge in [-0.05, 0) is 49.1 Å². The number of carbonyl (C=O) groups is 2. The largest absolute Gasteiger partial charge is 0.478 e. The predicted molar refractivity (Wildman–Crippen MR) is 98.4 cm³/mol. The van der Waals surface area contributed by atoms with Crippen LogP contribution in [0.25, 0.3) is 0 Å². The van der Waals surface area contributed by atoms with Gasteiger partial charge in [-0.1, -0.05) is 19.1 Å². The van der Waals surface area contributed by atoms with Crippen molar-refractivity contribution in [2.75, 3.05) is 23.3 Å². The summed E-state index contributed by atoms with van der Waals surface area (Å²) >= 11 is 0. The third-order valence-electron chi connectivity index (χ3n) is 4.60. The lowest BCUT2D eigenvalue weighted by Gasteiger charge is -2.33. The highest BCUT2D eigenvalue weighted by molar-refractivity contribution is 6.05. The smallest absolute Gasteiger partial charge is 0.337 e. The number of halogens is 1. The highest BCUT2D eigenvalue weighted by Crippen LogP contribution is 2.29. The molecule has 0 unspecified atom stereocenters. The molecule has 6 heteroatoms. The van der Waals surface area contributed by atoms with Crippen molar-refractivity contribution in [2.45, 2.75) is 19.8 Å². The number of carboxylic acid groups (broad SMARTS) is 1. The molecule has 1 amide bonds. The van der Waals surface area contributed by atoms with Gasteiger partial charge in [0.2, 0.25) is 0 Å². The summed E-state index contributed by atoms with van der Waals surface area (Å²) in [6.07, 6.45) is 2.15. The lowest BCUT2D eigenvalue weighted by atomic mass is 9.98. The third-order valence-corrected chi connectivity index (χ3v) is 4.60. The number of hydrogen-bond acceptors (Lipinski definition) is 3. The molecule has 2 N–H and O–H groups in total. The average Bonchev–Trinajstić information content (AvgIpc) is 2.62. The number of aromatic carboxylic acids is 1. The second kappa shape index (κ2) is 7.56. The van der Waals surface area contributed by atoms with Gasteiger partial charge in [-0.15, -0.1) is 0 Å². The van der Waals surface area contributed by atoms with E-state index in [4.69, 9.17) is 0 Å². The van der Waals surface area contributed by atoms with Crippen molar-refractivity contribution in [3.8, 4) is 0 Å². The summed E-state index contributed by atoms with van der Waals surface area (Å²) in [6.45, 7) is 3.77. The topological polar surface area (TPSA) is 69.6 Å². The number of nitrogens with one attached hydrogen (secondary N) is 1. The number of benzene rings is 2. The molecule has 0 bridgehead atoms. The Morgan fingerprint density at radius 2 is 1.96 bits per heavy atom. The van der Waals surface area contributed by atoms with Crippen LogP contribution in [0.4, 0.5) is 15.8 Å². The van der Waals surface area contributed by atoms with E-state index in [0.29, 0.717) is 17.3 Å². The molecular formula is C20H21FN2O3. The molecule has 1 heterocycles. The number of carboxylic acids is 1. The van der Waals surface area contributed by atoms with Gasteiger partial charge >= 0.3 is 5.97 Å². The fraction of sp³-hybridized carbons (Fsp3) is 0.300. The third kappa shape index (κ3) is 3.85. The number of hydrogen-bond donors (Lipinski definition) is 2. The van der Waals surface area contributed by atoms with E-state index in [0.717, 1.165) is 25.9 Å². The van der Waals surface area contributed by atoms with Crippen LogP contribution in [0.15, 0.2) is 42.5 Å². The summed E-state index contributed by atoms with van der Waals surface area (Å²) in [5, 5.41) is 12.2. The maximum atomic E-state index is 13.7. The molecule has 1 aliphatic heterocycles. The van der Waals surface area contributed by atoms with Gasteiger partial charge in [-0.2, -0.15) is 0 Å². The van der Waals surface area contributed by atoms with Gasteiger partial charge in [0.25, 0.3) is 5.91 Å². The van der Waals surface area contributed by atoms with Gasteiger partial charge in [-0.3, -0.25) is 4.79 Å². The van der Waals surface area contributed by atoms with Crippen molar-refractivity contribution < 1.29 is 19.1 Å². The molecule has 0 radical (unpaired) electrons. The maximum absolute atomic E-state index is 13.7. The highest BCUT2D eigenvalue weighted by Gasteiger charge is 2.22. The quantitative estimate of drug-likeness (QED) is 0.868. The molecule has 2 aromatic carbocycles. The zero-order chi connectivity index (χ0) is 18.7. The Hall–Kier alpha value is -2.89. The predicted octanol–water partition coefficient (Wildman–Crippen LogP) is 4.01. The van der Waals surface area contributed by atoms with Gasteiger partial charge in [0.05, 0.1) is 16.8 Å². The van der Waals surface area contributed by atoms with Crippen LogP contribution in [0.2, 0.25) is 0 Å². The summed E-state index contributed by atoms with van der Waals surface area (Å²) in [6, 6.07) is 10.4. The zero-order valence-electron chi connectivity index (χ0n) is 14.5. The standard InChI is InChI=1S/C20H21FN2O3/c1-13-5-4-10-23(12-13)18-9-8-14(11-16(18)20(25)26)22-19(24)15-6-2-3-7-17(15)21/h2-3,6-9,11,13H,4-5,10,12H2,1H3,(H,22,24)(H,25,26)/t13-/m0/s1. The summed E-state index contributed by atoms with van der Waals surface area (Å²) in [5.74, 6) is -1.78. The minimum atomic E-state index is -1.06. The van der Waals surface area contributed by atoms with Gasteiger partial charge in [0.15, 0.2) is 0 Å². The monoisotopic (exact) mass is 356 g/mol. The van der Waals surface area contributed by atoms with E-state index in [1.54, 1.807) is 18.2 Å². The lowest BCUT2D eigenvalue weighted by Crippen LogP contribution is -2.35. The van der Waals surface area contributed by atoms with Crippen molar-refractivity contribution in [3.05, 3.63) is 59.4 Å². The molecule has 26 heavy (non-hydrogen) atoms. The van der Waals surface area contributed by atoms with Crippen LogP contribution >= 0.6 is 0 Å². The summed E-state index contributed by atoms with van der Waals surface area (Å²) in [4.78, 5) is 26.0. The molecular weight excluding hydrogens is 335 g/mol. The number of carbonyl (C=O) groups excluding carboxylic acids is 1. The number of amides is 1. The van der Waals surface area contributed by atoms with Crippen molar-refractivity contribution in [2.24, 2.45) is 5.92 Å². The Kier molecular flexibility index (Phi) is 5.21. The van der Waals surface area contributed by atoms with Crippen LogP contribution in [0.5, 0.6) is 0 Å². The normalized spacial score (nSPS) is 17.0. The first-order valence-corrected chi connectivity index (χ1v) is 8.64. The second-order valence-corrected chi connectivity index (χ2v) is 6.66. The molecule has 1 fully saturated rings. The molecule has 5 nitrogen and oxygen atoms in total. The molecule has 136 valence electrons. The number of anilines is 2. The van der Waals surface area contributed by atoms with E-state index < -0.39 is 17.7 Å². The summed E-state index contributed by atoms with van der Waals surface area (Å²) < 4.78 is 13.7. The van der Waals surface area contributed by atoms with Gasteiger partial charge < -0.3 is 15.3 Å². The van der Waals surface area contributed by atoms with Crippen LogP contribution in [0.1, 0.15) is 40.5 Å². The first kappa shape index (κ1) is 17.9. The van der Waals surface area contributed by atoms with Crippen LogP contribution < -0.4 is 10.2 Å². The number of nitrogens with zero attached hydrogens (tertiary/aromatic N) is 1. The number of rotatable bonds is 4. The van der Waals surface area contributed by atoms with E-state index in [2.05, 4.69) is 17.1 Å². The van der Waals surface area contributed by atoms with Crippen LogP contribution in [-0.4, -0.2) is 30.1 Å². The first-order chi connectivity index (χ1) is 12.5. The van der Waals surface area contributed by atoms with E-state index in [1.165, 1.54) is 24.3 Å². The van der Waals surface area contributed by atoms with Crippen molar-refractivity contribution in [1.82, 2.24) is 0 Å². The maximum Gasteiger partial charge on any atom is 0.337 e. The van der Waals surface area contributed by atoms with E-state index in [-0.39, 0.29) is 11.1 Å². The molecule has 1 atom stereocenters. The average molecular weight is 356 g/mol. The Morgan fingerprint density at radius 3 is 2.65 bits per heavy atom. The van der Waals surface area contributed by atoms with E-state index in [9.17, 15) is 19.1 Å². The Labute approximate surface area is 151 Å². The molecule has 1 saturated heterocycles. The Balaban J connectivity index is 1.86. The van der Waals surface area contributed by atoms with E-state index >= 15 is 0 Å². The first-order valence-electron chi connectivity index (χ1n) is 8.64. The van der Waals surface area contributed by atoms with Crippen molar-refractivity contribution in [3.63, 3.8) is 0 Å². The van der Waals surface area contributed by atoms with Gasteiger partial charge in [-0.25, -0.2) is 9.18 Å². The molecule has 0 aliphatic carbocycles. The highest BCUT2D eigenvalue weighted by atomic mass is 19.1. The van der Waals surface area contributed by atoms with Crippen LogP contribution in [-0.2, 0) is 0 Å². The lowest BCUT2D eigenvalue weighted by molar-refractivity contribution is 0.0697. The minimum absolute atomic E-state index is 0.0849. The Morgan fingerprint density at radius 1 is 1.19 bits per heavy atom. The fourth-order valence-electron chi connectivity index (χ4n) is 3.31. The second-order valence-electron chi connectivity index (χ2n) is 6.66. The minimum Gasteiger partial charge on any atom is -0.478 e. The Bertz CT molecular complexity index is 838. The number of piperidine rings is 1. The van der Waals surface area contributed by atoms with Gasteiger partial charge in [0, 0.05) is 18.8 Å². The molecule has 0 spiro atoms. The summed E-state index contributed by atoms with van der Waals surface area (Å²) in [7, 11) is 0. The summed E-state index contributed by atoms with van der Waals surface area (Å²) in [5.41, 5.74) is 1.01.